The molecule has 2 nitrogen and oxygen atoms in total. The van der Waals surface area contributed by atoms with E-state index < -0.39 is 0 Å². The summed E-state index contributed by atoms with van der Waals surface area (Å²) in [6.07, 6.45) is 4.92. The molecule has 3 rings (SSSR count). The molecule has 0 aliphatic heterocycles. The van der Waals surface area contributed by atoms with Crippen LogP contribution in [0.4, 0.5) is 0 Å². The second-order valence-corrected chi connectivity index (χ2v) is 8.88. The van der Waals surface area contributed by atoms with Gasteiger partial charge in [0.1, 0.15) is 6.10 Å². The first-order valence-electron chi connectivity index (χ1n) is 10.8. The Labute approximate surface area is 170 Å². The number of carbonyl (C=O) groups excluding carboxylic acids is 1. The van der Waals surface area contributed by atoms with Gasteiger partial charge >= 0.3 is 5.97 Å². The molecule has 28 heavy (non-hydrogen) atoms. The van der Waals surface area contributed by atoms with Crippen LogP contribution in [-0.2, 0) is 22.4 Å². The van der Waals surface area contributed by atoms with Gasteiger partial charge in [-0.2, -0.15) is 0 Å². The van der Waals surface area contributed by atoms with Crippen molar-refractivity contribution in [3.8, 4) is 0 Å². The molecule has 0 spiro atoms. The van der Waals surface area contributed by atoms with Gasteiger partial charge in [0.2, 0.25) is 0 Å². The van der Waals surface area contributed by atoms with Gasteiger partial charge in [-0.25, -0.2) is 0 Å². The molecule has 150 valence electrons. The van der Waals surface area contributed by atoms with E-state index in [2.05, 4.69) is 45.0 Å². The van der Waals surface area contributed by atoms with E-state index in [0.717, 1.165) is 19.3 Å². The van der Waals surface area contributed by atoms with Crippen LogP contribution in [-0.4, -0.2) is 12.1 Å². The van der Waals surface area contributed by atoms with Gasteiger partial charge in [-0.1, -0.05) is 87.9 Å². The molecule has 1 aliphatic rings. The lowest BCUT2D eigenvalue weighted by molar-refractivity contribution is -0.161. The minimum absolute atomic E-state index is 0.0301. The van der Waals surface area contributed by atoms with Crippen molar-refractivity contribution in [2.75, 3.05) is 0 Å². The van der Waals surface area contributed by atoms with Crippen molar-refractivity contribution in [1.29, 1.82) is 0 Å². The summed E-state index contributed by atoms with van der Waals surface area (Å²) in [7, 11) is 0. The van der Waals surface area contributed by atoms with E-state index in [9.17, 15) is 4.79 Å². The van der Waals surface area contributed by atoms with E-state index in [1.54, 1.807) is 0 Å². The summed E-state index contributed by atoms with van der Waals surface area (Å²) in [5, 5.41) is 0. The molecular formula is C26H34O2. The van der Waals surface area contributed by atoms with Gasteiger partial charge in [-0.15, -0.1) is 0 Å². The number of hydrogen-bond acceptors (Lipinski definition) is 2. The first kappa shape index (κ1) is 20.6. The van der Waals surface area contributed by atoms with Crippen molar-refractivity contribution < 1.29 is 9.53 Å². The van der Waals surface area contributed by atoms with Crippen LogP contribution in [0.2, 0.25) is 0 Å². The average molecular weight is 379 g/mol. The molecule has 0 saturated heterocycles. The smallest absolute Gasteiger partial charge is 0.309 e. The molecule has 0 heterocycles. The maximum atomic E-state index is 13.3. The van der Waals surface area contributed by atoms with Crippen LogP contribution < -0.4 is 0 Å². The lowest BCUT2D eigenvalue weighted by Crippen LogP contribution is -2.38. The molecule has 0 radical (unpaired) electrons. The van der Waals surface area contributed by atoms with Gasteiger partial charge in [0.25, 0.3) is 0 Å². The Kier molecular flexibility index (Phi) is 7.30. The minimum atomic E-state index is -0.144. The second-order valence-electron chi connectivity index (χ2n) is 8.88. The SMILES string of the molecule is CC(C)[C@@H]1CC[C@H](C)C[C@H]1OC(=O)C(Cc1ccccc1)Cc1ccccc1. The number of hydrogen-bond donors (Lipinski definition) is 0. The highest BCUT2D eigenvalue weighted by Crippen LogP contribution is 2.36. The van der Waals surface area contributed by atoms with Gasteiger partial charge in [0, 0.05) is 0 Å². The number of carbonyl (C=O) groups is 1. The Morgan fingerprint density at radius 2 is 1.46 bits per heavy atom. The molecule has 0 amide bonds. The van der Waals surface area contributed by atoms with E-state index in [1.165, 1.54) is 24.0 Å². The van der Waals surface area contributed by atoms with Crippen LogP contribution in [0.25, 0.3) is 0 Å². The normalized spacial score (nSPS) is 22.4. The van der Waals surface area contributed by atoms with E-state index >= 15 is 0 Å². The zero-order valence-corrected chi connectivity index (χ0v) is 17.5. The van der Waals surface area contributed by atoms with Crippen LogP contribution in [0, 0.1) is 23.7 Å². The van der Waals surface area contributed by atoms with Crippen molar-refractivity contribution >= 4 is 5.97 Å². The lowest BCUT2D eigenvalue weighted by Gasteiger charge is -2.37. The summed E-state index contributed by atoms with van der Waals surface area (Å²) < 4.78 is 6.20. The van der Waals surface area contributed by atoms with Gasteiger partial charge in [0.15, 0.2) is 0 Å². The van der Waals surface area contributed by atoms with E-state index in [1.807, 2.05) is 36.4 Å². The third-order valence-corrected chi connectivity index (χ3v) is 6.21. The van der Waals surface area contributed by atoms with Gasteiger partial charge < -0.3 is 4.74 Å². The van der Waals surface area contributed by atoms with Crippen molar-refractivity contribution in [3.05, 3.63) is 71.8 Å². The molecule has 1 aliphatic carbocycles. The highest BCUT2D eigenvalue weighted by atomic mass is 16.5. The van der Waals surface area contributed by atoms with Gasteiger partial charge in [-0.3, -0.25) is 4.79 Å². The molecule has 3 atom stereocenters. The fourth-order valence-corrected chi connectivity index (χ4v) is 4.53. The fraction of sp³-hybridized carbons (Fsp3) is 0.500. The summed E-state index contributed by atoms with van der Waals surface area (Å²) in [5.74, 6) is 1.49. The molecule has 0 N–H and O–H groups in total. The monoisotopic (exact) mass is 378 g/mol. The van der Waals surface area contributed by atoms with Gasteiger partial charge in [0.05, 0.1) is 5.92 Å². The average Bonchev–Trinajstić information content (AvgIpc) is 2.69. The Balaban J connectivity index is 1.75. The van der Waals surface area contributed by atoms with Crippen LogP contribution in [0.1, 0.15) is 51.2 Å². The number of ether oxygens (including phenoxy) is 1. The van der Waals surface area contributed by atoms with Crippen molar-refractivity contribution in [2.24, 2.45) is 23.7 Å². The highest BCUT2D eigenvalue weighted by molar-refractivity contribution is 5.73. The standard InChI is InChI=1S/C26H34O2/c1-19(2)24-15-14-20(3)16-25(24)28-26(27)23(17-21-10-6-4-7-11-21)18-22-12-8-5-9-13-22/h4-13,19-20,23-25H,14-18H2,1-3H3/t20-,24-,25+/m0/s1. The maximum absolute atomic E-state index is 13.3. The Hall–Kier alpha value is -2.09. The van der Waals surface area contributed by atoms with E-state index in [4.69, 9.17) is 4.74 Å². The quantitative estimate of drug-likeness (QED) is 0.545. The Bertz CT molecular complexity index is 681. The zero-order chi connectivity index (χ0) is 19.9. The number of esters is 1. The van der Waals surface area contributed by atoms with Crippen LogP contribution in [0.5, 0.6) is 0 Å². The topological polar surface area (TPSA) is 26.3 Å². The number of rotatable bonds is 7. The molecule has 2 heteroatoms. The highest BCUT2D eigenvalue weighted by Gasteiger charge is 2.35. The summed E-state index contributed by atoms with van der Waals surface area (Å²) in [6, 6.07) is 20.6. The first-order chi connectivity index (χ1) is 13.5. The van der Waals surface area contributed by atoms with Gasteiger partial charge in [-0.05, 0) is 54.6 Å². The van der Waals surface area contributed by atoms with Crippen molar-refractivity contribution in [3.63, 3.8) is 0 Å². The molecule has 0 bridgehead atoms. The Morgan fingerprint density at radius 1 is 0.929 bits per heavy atom. The second kappa shape index (κ2) is 9.91. The third kappa shape index (κ3) is 5.70. The van der Waals surface area contributed by atoms with Crippen molar-refractivity contribution in [2.45, 2.75) is 59.0 Å². The largest absolute Gasteiger partial charge is 0.462 e. The van der Waals surface area contributed by atoms with Crippen LogP contribution in [0.15, 0.2) is 60.7 Å². The lowest BCUT2D eigenvalue weighted by atomic mass is 9.75. The summed E-state index contributed by atoms with van der Waals surface area (Å²) in [5.41, 5.74) is 2.38. The molecule has 0 aromatic heterocycles. The van der Waals surface area contributed by atoms with E-state index in [0.29, 0.717) is 17.8 Å². The first-order valence-corrected chi connectivity index (χ1v) is 10.8. The molecule has 1 fully saturated rings. The fourth-order valence-electron chi connectivity index (χ4n) is 4.53. The predicted octanol–water partition coefficient (Wildman–Crippen LogP) is 6.09. The molecular weight excluding hydrogens is 344 g/mol. The minimum Gasteiger partial charge on any atom is -0.462 e. The van der Waals surface area contributed by atoms with Crippen molar-refractivity contribution in [1.82, 2.24) is 0 Å². The number of benzene rings is 2. The van der Waals surface area contributed by atoms with Crippen LogP contribution in [0.3, 0.4) is 0 Å². The van der Waals surface area contributed by atoms with Crippen LogP contribution >= 0.6 is 0 Å². The molecule has 1 saturated carbocycles. The molecule has 0 unspecified atom stereocenters. The Morgan fingerprint density at radius 3 is 1.96 bits per heavy atom. The molecule has 2 aromatic rings. The third-order valence-electron chi connectivity index (χ3n) is 6.21. The summed E-state index contributed by atoms with van der Waals surface area (Å²) >= 11 is 0. The summed E-state index contributed by atoms with van der Waals surface area (Å²) in [6.45, 7) is 6.79. The zero-order valence-electron chi connectivity index (χ0n) is 17.5. The molecule has 2 aromatic carbocycles. The van der Waals surface area contributed by atoms with E-state index in [-0.39, 0.29) is 18.0 Å². The maximum Gasteiger partial charge on any atom is 0.309 e. The predicted molar refractivity (Wildman–Crippen MR) is 115 cm³/mol. The summed E-state index contributed by atoms with van der Waals surface area (Å²) in [4.78, 5) is 13.3.